The van der Waals surface area contributed by atoms with Crippen LogP contribution in [0.4, 0.5) is 5.82 Å². The van der Waals surface area contributed by atoms with E-state index in [4.69, 9.17) is 0 Å². The van der Waals surface area contributed by atoms with E-state index in [1.807, 2.05) is 13.2 Å². The highest BCUT2D eigenvalue weighted by molar-refractivity contribution is 5.34. The maximum absolute atomic E-state index is 4.55. The second kappa shape index (κ2) is 7.19. The van der Waals surface area contributed by atoms with Crippen LogP contribution in [0.2, 0.25) is 0 Å². The Morgan fingerprint density at radius 1 is 1.18 bits per heavy atom. The Labute approximate surface area is 104 Å². The molecule has 0 amide bonds. The first-order valence-electron chi connectivity index (χ1n) is 5.95. The van der Waals surface area contributed by atoms with Gasteiger partial charge in [0, 0.05) is 26.3 Å². The van der Waals surface area contributed by atoms with Gasteiger partial charge in [-0.2, -0.15) is 0 Å². The van der Waals surface area contributed by atoms with Crippen molar-refractivity contribution in [2.45, 2.75) is 13.0 Å². The molecule has 0 aliphatic rings. The average Bonchev–Trinajstić information content (AvgIpc) is 2.29. The molecule has 0 unspecified atom stereocenters. The van der Waals surface area contributed by atoms with Crippen molar-refractivity contribution in [2.24, 2.45) is 0 Å². The van der Waals surface area contributed by atoms with Gasteiger partial charge in [-0.05, 0) is 34.1 Å². The Bertz CT molecular complexity index is 326. The number of rotatable bonds is 7. The highest BCUT2D eigenvalue weighted by atomic mass is 15.2. The van der Waals surface area contributed by atoms with Crippen LogP contribution in [0.5, 0.6) is 0 Å². The third kappa shape index (κ3) is 5.10. The van der Waals surface area contributed by atoms with Crippen LogP contribution in [0.25, 0.3) is 0 Å². The summed E-state index contributed by atoms with van der Waals surface area (Å²) in [4.78, 5) is 13.1. The van der Waals surface area contributed by atoms with Gasteiger partial charge in [0.25, 0.3) is 0 Å². The van der Waals surface area contributed by atoms with Gasteiger partial charge in [0.1, 0.15) is 5.82 Å². The van der Waals surface area contributed by atoms with E-state index in [9.17, 15) is 0 Å². The first-order valence-corrected chi connectivity index (χ1v) is 5.95. The molecule has 0 aliphatic carbocycles. The lowest BCUT2D eigenvalue weighted by atomic mass is 10.3. The molecule has 5 heteroatoms. The molecule has 0 spiro atoms. The third-order valence-corrected chi connectivity index (χ3v) is 2.52. The van der Waals surface area contributed by atoms with Crippen LogP contribution in [-0.4, -0.2) is 56.1 Å². The van der Waals surface area contributed by atoms with Gasteiger partial charge in [-0.15, -0.1) is 0 Å². The van der Waals surface area contributed by atoms with Gasteiger partial charge in [0.2, 0.25) is 0 Å². The number of hydrogen-bond acceptors (Lipinski definition) is 5. The molecular formula is C12H23N5. The minimum absolute atomic E-state index is 0.756. The first kappa shape index (κ1) is 13.9. The number of nitrogens with zero attached hydrogens (tertiary/aromatic N) is 4. The van der Waals surface area contributed by atoms with E-state index in [2.05, 4.69) is 46.2 Å². The zero-order valence-corrected chi connectivity index (χ0v) is 11.3. The highest BCUT2D eigenvalue weighted by Crippen LogP contribution is 2.08. The van der Waals surface area contributed by atoms with Crippen molar-refractivity contribution in [1.82, 2.24) is 20.2 Å². The Balaban J connectivity index is 2.50. The molecular weight excluding hydrogens is 214 g/mol. The Morgan fingerprint density at radius 3 is 2.59 bits per heavy atom. The van der Waals surface area contributed by atoms with Crippen LogP contribution in [0.1, 0.15) is 12.1 Å². The minimum atomic E-state index is 0.756. The van der Waals surface area contributed by atoms with Crippen LogP contribution in [0.15, 0.2) is 12.4 Å². The number of anilines is 1. The van der Waals surface area contributed by atoms with Crippen molar-refractivity contribution in [3.8, 4) is 0 Å². The van der Waals surface area contributed by atoms with E-state index in [0.717, 1.165) is 37.6 Å². The molecule has 0 fully saturated rings. The Morgan fingerprint density at radius 2 is 1.94 bits per heavy atom. The predicted octanol–water partition coefficient (Wildman–Crippen LogP) is 0.584. The lowest BCUT2D eigenvalue weighted by Crippen LogP contribution is -2.24. The summed E-state index contributed by atoms with van der Waals surface area (Å²) in [5, 5.41) is 3.08. The van der Waals surface area contributed by atoms with Gasteiger partial charge < -0.3 is 15.1 Å². The van der Waals surface area contributed by atoms with E-state index in [0.29, 0.717) is 0 Å². The van der Waals surface area contributed by atoms with Gasteiger partial charge in [-0.3, -0.25) is 4.98 Å². The number of hydrogen-bond donors (Lipinski definition) is 1. The zero-order chi connectivity index (χ0) is 12.7. The fourth-order valence-corrected chi connectivity index (χ4v) is 1.58. The smallest absolute Gasteiger partial charge is 0.147 e. The molecule has 96 valence electrons. The topological polar surface area (TPSA) is 44.3 Å². The summed E-state index contributed by atoms with van der Waals surface area (Å²) in [6.07, 6.45) is 4.74. The summed E-state index contributed by atoms with van der Waals surface area (Å²) in [5.74, 6) is 0.941. The van der Waals surface area contributed by atoms with Crippen molar-refractivity contribution in [1.29, 1.82) is 0 Å². The van der Waals surface area contributed by atoms with Crippen molar-refractivity contribution < 1.29 is 0 Å². The maximum Gasteiger partial charge on any atom is 0.147 e. The van der Waals surface area contributed by atoms with Crippen molar-refractivity contribution >= 4 is 5.82 Å². The lowest BCUT2D eigenvalue weighted by molar-refractivity contribution is 0.401. The van der Waals surface area contributed by atoms with Crippen LogP contribution in [-0.2, 0) is 6.54 Å². The largest absolute Gasteiger partial charge is 0.358 e. The predicted molar refractivity (Wildman–Crippen MR) is 71.2 cm³/mol. The average molecular weight is 237 g/mol. The van der Waals surface area contributed by atoms with E-state index >= 15 is 0 Å². The second-order valence-electron chi connectivity index (χ2n) is 4.48. The monoisotopic (exact) mass is 237 g/mol. The first-order chi connectivity index (χ1) is 8.13. The molecule has 0 saturated heterocycles. The number of nitrogens with one attached hydrogen (secondary N) is 1. The SMILES string of the molecule is CNCc1cncc(N(C)CCCN(C)C)n1. The molecule has 0 aromatic carbocycles. The van der Waals surface area contributed by atoms with E-state index in [1.54, 1.807) is 6.20 Å². The summed E-state index contributed by atoms with van der Waals surface area (Å²) >= 11 is 0. The minimum Gasteiger partial charge on any atom is -0.358 e. The zero-order valence-electron chi connectivity index (χ0n) is 11.3. The van der Waals surface area contributed by atoms with Gasteiger partial charge in [0.05, 0.1) is 11.9 Å². The third-order valence-electron chi connectivity index (χ3n) is 2.52. The fraction of sp³-hybridized carbons (Fsp3) is 0.667. The number of aromatic nitrogens is 2. The standard InChI is InChI=1S/C12H23N5/c1-13-8-11-9-14-10-12(15-11)17(4)7-5-6-16(2)3/h9-10,13H,5-8H2,1-4H3. The van der Waals surface area contributed by atoms with E-state index < -0.39 is 0 Å². The summed E-state index contributed by atoms with van der Waals surface area (Å²) in [5.41, 5.74) is 0.976. The molecule has 17 heavy (non-hydrogen) atoms. The molecule has 1 N–H and O–H groups in total. The summed E-state index contributed by atoms with van der Waals surface area (Å²) < 4.78 is 0. The van der Waals surface area contributed by atoms with Crippen LogP contribution >= 0.6 is 0 Å². The van der Waals surface area contributed by atoms with Crippen LogP contribution in [0, 0.1) is 0 Å². The second-order valence-corrected chi connectivity index (χ2v) is 4.48. The van der Waals surface area contributed by atoms with Gasteiger partial charge in [-0.1, -0.05) is 0 Å². The molecule has 0 bridgehead atoms. The van der Waals surface area contributed by atoms with Crippen molar-refractivity contribution in [3.05, 3.63) is 18.1 Å². The molecule has 1 heterocycles. The molecule has 1 aromatic rings. The van der Waals surface area contributed by atoms with Crippen LogP contribution < -0.4 is 10.2 Å². The molecule has 0 radical (unpaired) electrons. The quantitative estimate of drug-likeness (QED) is 0.751. The van der Waals surface area contributed by atoms with Gasteiger partial charge >= 0.3 is 0 Å². The normalized spacial score (nSPS) is 10.9. The summed E-state index contributed by atoms with van der Waals surface area (Å²) in [6.45, 7) is 2.84. The highest BCUT2D eigenvalue weighted by Gasteiger charge is 2.04. The maximum atomic E-state index is 4.55. The molecule has 0 atom stereocenters. The van der Waals surface area contributed by atoms with E-state index in [1.165, 1.54) is 0 Å². The van der Waals surface area contributed by atoms with Crippen molar-refractivity contribution in [2.75, 3.05) is 46.2 Å². The lowest BCUT2D eigenvalue weighted by Gasteiger charge is -2.19. The Kier molecular flexibility index (Phi) is 5.86. The van der Waals surface area contributed by atoms with Crippen LogP contribution in [0.3, 0.4) is 0 Å². The summed E-state index contributed by atoms with van der Waals surface area (Å²) in [6, 6.07) is 0. The Hall–Kier alpha value is -1.20. The summed E-state index contributed by atoms with van der Waals surface area (Å²) in [7, 11) is 8.15. The van der Waals surface area contributed by atoms with Gasteiger partial charge in [0.15, 0.2) is 0 Å². The van der Waals surface area contributed by atoms with Crippen molar-refractivity contribution in [3.63, 3.8) is 0 Å². The molecule has 0 saturated carbocycles. The molecule has 5 nitrogen and oxygen atoms in total. The molecule has 1 rings (SSSR count). The molecule has 0 aliphatic heterocycles. The van der Waals surface area contributed by atoms with Gasteiger partial charge in [-0.25, -0.2) is 4.98 Å². The fourth-order valence-electron chi connectivity index (χ4n) is 1.58. The van der Waals surface area contributed by atoms with E-state index in [-0.39, 0.29) is 0 Å². The molecule has 1 aromatic heterocycles.